The van der Waals surface area contributed by atoms with Gasteiger partial charge >= 0.3 is 79.1 Å². The Bertz CT molecular complexity index is 231. The first-order valence-electron chi connectivity index (χ1n) is 3.43. The third-order valence-corrected chi connectivity index (χ3v) is 3.69. The Morgan fingerprint density at radius 1 is 1.36 bits per heavy atom. The number of benzene rings is 1. The summed E-state index contributed by atoms with van der Waals surface area (Å²) in [6.45, 7) is 0. The van der Waals surface area contributed by atoms with Crippen LogP contribution in [0.3, 0.4) is 0 Å². The molecule has 0 atom stereocenters. The summed E-state index contributed by atoms with van der Waals surface area (Å²) in [4.78, 5) is 0. The monoisotopic (exact) mass is 230 g/mol. The molecule has 0 amide bonds. The first-order chi connectivity index (χ1) is 5.33. The summed E-state index contributed by atoms with van der Waals surface area (Å²) in [6.07, 6.45) is 0.979. The van der Waals surface area contributed by atoms with Crippen LogP contribution in [-0.4, -0.2) is 18.7 Å². The zero-order chi connectivity index (χ0) is 8.10. The van der Waals surface area contributed by atoms with Gasteiger partial charge in [-0.05, 0) is 0 Å². The standard InChI is InChI=1S/C9H10SSe/c1-11-9(10)7-8-5-3-2-4-6-8/h2-6H,7H2,1H3. The molecule has 1 rings (SSSR count). The molecule has 0 spiro atoms. The molecule has 58 valence electrons. The maximum absolute atomic E-state index is 5.17. The van der Waals surface area contributed by atoms with E-state index in [1.54, 1.807) is 0 Å². The summed E-state index contributed by atoms with van der Waals surface area (Å²) in [5, 5.41) is 0. The van der Waals surface area contributed by atoms with Crippen LogP contribution in [0.4, 0.5) is 0 Å². The van der Waals surface area contributed by atoms with Crippen LogP contribution in [-0.2, 0) is 6.42 Å². The minimum atomic E-state index is 0.519. The molecule has 0 nitrogen and oxygen atoms in total. The van der Waals surface area contributed by atoms with E-state index >= 15 is 0 Å². The van der Waals surface area contributed by atoms with E-state index in [0.29, 0.717) is 15.0 Å². The van der Waals surface area contributed by atoms with E-state index in [-0.39, 0.29) is 0 Å². The maximum atomic E-state index is 5.17. The molecule has 0 fully saturated rings. The van der Waals surface area contributed by atoms with Gasteiger partial charge in [0.15, 0.2) is 0 Å². The van der Waals surface area contributed by atoms with E-state index in [4.69, 9.17) is 12.2 Å². The van der Waals surface area contributed by atoms with Crippen molar-refractivity contribution >= 4 is 30.9 Å². The van der Waals surface area contributed by atoms with E-state index in [1.807, 2.05) is 6.07 Å². The third kappa shape index (κ3) is 3.15. The minimum absolute atomic E-state index is 0.519. The quantitative estimate of drug-likeness (QED) is 0.566. The molecule has 0 aliphatic rings. The Labute approximate surface area is 79.2 Å². The molecule has 0 aliphatic carbocycles. The molecule has 0 radical (unpaired) electrons. The average molecular weight is 229 g/mol. The van der Waals surface area contributed by atoms with E-state index in [9.17, 15) is 0 Å². The number of hydrogen-bond donors (Lipinski definition) is 0. The zero-order valence-corrected chi connectivity index (χ0v) is 8.94. The van der Waals surface area contributed by atoms with Gasteiger partial charge in [-0.1, -0.05) is 0 Å². The van der Waals surface area contributed by atoms with Crippen molar-refractivity contribution in [3.63, 3.8) is 0 Å². The van der Waals surface area contributed by atoms with Crippen molar-refractivity contribution in [2.45, 2.75) is 12.2 Å². The molecular formula is C9H10SSe. The summed E-state index contributed by atoms with van der Waals surface area (Å²) in [7, 11) is 0. The topological polar surface area (TPSA) is 0 Å². The molecule has 0 saturated carbocycles. The van der Waals surface area contributed by atoms with Gasteiger partial charge < -0.3 is 0 Å². The van der Waals surface area contributed by atoms with E-state index < -0.39 is 0 Å². The third-order valence-electron chi connectivity index (χ3n) is 1.42. The van der Waals surface area contributed by atoms with Crippen LogP contribution in [0.15, 0.2) is 30.3 Å². The van der Waals surface area contributed by atoms with Gasteiger partial charge in [-0.15, -0.1) is 0 Å². The van der Waals surface area contributed by atoms with Gasteiger partial charge in [0.25, 0.3) is 0 Å². The summed E-state index contributed by atoms with van der Waals surface area (Å²) < 4.78 is 1.20. The Morgan fingerprint density at radius 3 is 2.55 bits per heavy atom. The van der Waals surface area contributed by atoms with E-state index in [1.165, 1.54) is 9.33 Å². The number of rotatable bonds is 3. The predicted molar refractivity (Wildman–Crippen MR) is 54.4 cm³/mol. The van der Waals surface area contributed by atoms with E-state index in [2.05, 4.69) is 30.1 Å². The van der Waals surface area contributed by atoms with Crippen molar-refractivity contribution < 1.29 is 0 Å². The average Bonchev–Trinajstić information content (AvgIpc) is 2.06. The second kappa shape index (κ2) is 4.66. The molecule has 0 aromatic heterocycles. The van der Waals surface area contributed by atoms with Crippen LogP contribution < -0.4 is 0 Å². The molecule has 0 heterocycles. The van der Waals surface area contributed by atoms with Gasteiger partial charge in [0, 0.05) is 0 Å². The van der Waals surface area contributed by atoms with Crippen molar-refractivity contribution in [2.24, 2.45) is 0 Å². The second-order valence-corrected chi connectivity index (χ2v) is 5.21. The van der Waals surface area contributed by atoms with Crippen LogP contribution in [0, 0.1) is 0 Å². The van der Waals surface area contributed by atoms with Crippen LogP contribution in [0.2, 0.25) is 5.82 Å². The van der Waals surface area contributed by atoms with Crippen molar-refractivity contribution in [2.75, 3.05) is 0 Å². The van der Waals surface area contributed by atoms with Crippen molar-refractivity contribution in [3.8, 4) is 0 Å². The molecule has 0 N–H and O–H groups in total. The summed E-state index contributed by atoms with van der Waals surface area (Å²) in [6, 6.07) is 10.4. The van der Waals surface area contributed by atoms with Crippen molar-refractivity contribution in [1.82, 2.24) is 0 Å². The normalized spacial score (nSPS) is 9.55. The first kappa shape index (κ1) is 8.92. The van der Waals surface area contributed by atoms with E-state index in [0.717, 1.165) is 6.42 Å². The van der Waals surface area contributed by atoms with Crippen LogP contribution >= 0.6 is 12.2 Å². The van der Waals surface area contributed by atoms with Gasteiger partial charge in [-0.2, -0.15) is 0 Å². The molecule has 0 bridgehead atoms. The molecule has 11 heavy (non-hydrogen) atoms. The molecule has 0 unspecified atom stereocenters. The van der Waals surface area contributed by atoms with Crippen LogP contribution in [0.1, 0.15) is 5.56 Å². The van der Waals surface area contributed by atoms with Crippen molar-refractivity contribution in [3.05, 3.63) is 35.9 Å². The Balaban J connectivity index is 2.58. The first-order valence-corrected chi connectivity index (χ1v) is 6.41. The summed E-state index contributed by atoms with van der Waals surface area (Å²) >= 11 is 5.68. The van der Waals surface area contributed by atoms with Gasteiger partial charge in [0.05, 0.1) is 0 Å². The zero-order valence-electron chi connectivity index (χ0n) is 6.41. The molecular weight excluding hydrogens is 219 g/mol. The molecule has 1 aromatic carbocycles. The predicted octanol–water partition coefficient (Wildman–Crippen LogP) is 2.31. The Hall–Kier alpha value is -0.171. The van der Waals surface area contributed by atoms with Crippen LogP contribution in [0.5, 0.6) is 0 Å². The summed E-state index contributed by atoms with van der Waals surface area (Å²) in [5.41, 5.74) is 1.33. The molecule has 0 aliphatic heterocycles. The van der Waals surface area contributed by atoms with Gasteiger partial charge in [-0.25, -0.2) is 0 Å². The fourth-order valence-electron chi connectivity index (χ4n) is 0.835. The van der Waals surface area contributed by atoms with Gasteiger partial charge in [0.1, 0.15) is 0 Å². The van der Waals surface area contributed by atoms with Crippen molar-refractivity contribution in [1.29, 1.82) is 0 Å². The summed E-state index contributed by atoms with van der Waals surface area (Å²) in [5.74, 6) is 2.16. The fraction of sp³-hybridized carbons (Fsp3) is 0.222. The SMILES string of the molecule is C[Se]C(=S)Cc1ccccc1. The molecule has 2 heteroatoms. The number of thiocarbonyl (C=S) groups is 1. The number of hydrogen-bond acceptors (Lipinski definition) is 1. The van der Waals surface area contributed by atoms with Gasteiger partial charge in [-0.3, -0.25) is 0 Å². The van der Waals surface area contributed by atoms with Gasteiger partial charge in [0.2, 0.25) is 0 Å². The second-order valence-electron chi connectivity index (χ2n) is 2.24. The molecule has 1 aromatic rings. The Morgan fingerprint density at radius 2 is 2.00 bits per heavy atom. The Kier molecular flexibility index (Phi) is 3.78. The molecule has 0 saturated heterocycles. The van der Waals surface area contributed by atoms with Crippen LogP contribution in [0.25, 0.3) is 0 Å². The fourth-order valence-corrected chi connectivity index (χ4v) is 1.65.